The van der Waals surface area contributed by atoms with Crippen LogP contribution in [0, 0.1) is 23.2 Å². The van der Waals surface area contributed by atoms with Crippen LogP contribution in [0.1, 0.15) is 72.6 Å². The van der Waals surface area contributed by atoms with Gasteiger partial charge in [0.05, 0.1) is 24.0 Å². The highest BCUT2D eigenvalue weighted by Gasteiger charge is 2.44. The van der Waals surface area contributed by atoms with Crippen molar-refractivity contribution in [2.75, 3.05) is 0 Å². The summed E-state index contributed by atoms with van der Waals surface area (Å²) in [6.07, 6.45) is 8.19. The van der Waals surface area contributed by atoms with Crippen molar-refractivity contribution in [3.05, 3.63) is 23.8 Å². The van der Waals surface area contributed by atoms with Gasteiger partial charge in [-0.15, -0.1) is 0 Å². The van der Waals surface area contributed by atoms with Crippen LogP contribution < -0.4 is 0 Å². The number of fused-ring (bicyclic) bond motifs is 1. The molecule has 0 aromatic rings. The summed E-state index contributed by atoms with van der Waals surface area (Å²) in [4.78, 5) is 24.7. The molecule has 0 aromatic carbocycles. The van der Waals surface area contributed by atoms with Crippen LogP contribution in [0.15, 0.2) is 23.8 Å². The van der Waals surface area contributed by atoms with E-state index in [1.54, 1.807) is 0 Å². The third kappa shape index (κ3) is 5.78. The number of aliphatic hydroxyl groups is 2. The first kappa shape index (κ1) is 24.0. The molecule has 31 heavy (non-hydrogen) atoms. The van der Waals surface area contributed by atoms with Crippen LogP contribution in [0.4, 0.5) is 0 Å². The maximum absolute atomic E-state index is 12.9. The number of esters is 2. The normalized spacial score (nSPS) is 34.4. The second kappa shape index (κ2) is 9.86. The fourth-order valence-corrected chi connectivity index (χ4v) is 5.52. The van der Waals surface area contributed by atoms with Crippen molar-refractivity contribution in [2.24, 2.45) is 23.2 Å². The molecule has 0 bridgehead atoms. The van der Waals surface area contributed by atoms with Gasteiger partial charge in [-0.2, -0.15) is 0 Å². The second-order valence-corrected chi connectivity index (χ2v) is 10.3. The zero-order chi connectivity index (χ0) is 22.8. The fourth-order valence-electron chi connectivity index (χ4n) is 5.52. The Labute approximate surface area is 185 Å². The van der Waals surface area contributed by atoms with Gasteiger partial charge in [-0.3, -0.25) is 9.59 Å². The first-order chi connectivity index (χ1) is 14.6. The molecule has 0 spiro atoms. The van der Waals surface area contributed by atoms with Crippen molar-refractivity contribution in [1.82, 2.24) is 0 Å². The van der Waals surface area contributed by atoms with E-state index in [0.717, 1.165) is 24.8 Å². The first-order valence-electron chi connectivity index (χ1n) is 11.8. The lowest BCUT2D eigenvalue weighted by molar-refractivity contribution is -0.167. The first-order valence-corrected chi connectivity index (χ1v) is 11.8. The van der Waals surface area contributed by atoms with Crippen molar-refractivity contribution < 1.29 is 29.3 Å². The molecule has 7 atom stereocenters. The largest absolute Gasteiger partial charge is 0.462 e. The van der Waals surface area contributed by atoms with Crippen molar-refractivity contribution in [3.8, 4) is 0 Å². The van der Waals surface area contributed by atoms with Gasteiger partial charge in [0, 0.05) is 18.8 Å². The standard InChI is InChI=1S/C25H38O6/c1-5-9-25(3,4)24(29)31-21-13-17(26)11-16-7-6-8-20(23(16)21)15(2)10-19-12-18(27)14-22(28)30-19/h6-7,11,15,17-21,23,26-27H,5,8-10,12-14H2,1-4H3/t15-,17+,18+,19+,20-,21-,23-/m0/s1. The zero-order valence-electron chi connectivity index (χ0n) is 19.3. The van der Waals surface area contributed by atoms with E-state index < -0.39 is 17.6 Å². The maximum Gasteiger partial charge on any atom is 0.311 e. The number of rotatable bonds is 7. The number of carbonyl (C=O) groups is 2. The predicted octanol–water partition coefficient (Wildman–Crippen LogP) is 3.70. The van der Waals surface area contributed by atoms with Gasteiger partial charge in [0.25, 0.3) is 0 Å². The van der Waals surface area contributed by atoms with E-state index in [9.17, 15) is 19.8 Å². The average molecular weight is 435 g/mol. The molecule has 6 heteroatoms. The molecule has 1 saturated heterocycles. The molecule has 0 radical (unpaired) electrons. The number of hydrogen-bond acceptors (Lipinski definition) is 6. The Morgan fingerprint density at radius 1 is 1.32 bits per heavy atom. The van der Waals surface area contributed by atoms with Gasteiger partial charge in [-0.1, -0.05) is 38.5 Å². The molecule has 1 aliphatic heterocycles. The summed E-state index contributed by atoms with van der Waals surface area (Å²) >= 11 is 0. The van der Waals surface area contributed by atoms with Crippen LogP contribution in [-0.2, 0) is 19.1 Å². The zero-order valence-corrected chi connectivity index (χ0v) is 19.3. The molecule has 2 aliphatic carbocycles. The molecule has 174 valence electrons. The molecule has 2 N–H and O–H groups in total. The maximum atomic E-state index is 12.9. The Hall–Kier alpha value is -1.66. The van der Waals surface area contributed by atoms with Gasteiger partial charge in [0.15, 0.2) is 0 Å². The number of ether oxygens (including phenoxy) is 2. The molecule has 3 aliphatic rings. The van der Waals surface area contributed by atoms with E-state index >= 15 is 0 Å². The highest BCUT2D eigenvalue weighted by atomic mass is 16.6. The third-order valence-electron chi connectivity index (χ3n) is 7.11. The molecule has 0 unspecified atom stereocenters. The molecule has 6 nitrogen and oxygen atoms in total. The van der Waals surface area contributed by atoms with Gasteiger partial charge in [0.2, 0.25) is 0 Å². The Balaban J connectivity index is 1.76. The molecule has 1 fully saturated rings. The van der Waals surface area contributed by atoms with E-state index in [4.69, 9.17) is 9.47 Å². The summed E-state index contributed by atoms with van der Waals surface area (Å²) in [6, 6.07) is 0. The lowest BCUT2D eigenvalue weighted by Crippen LogP contribution is -2.44. The van der Waals surface area contributed by atoms with Crippen LogP contribution in [0.25, 0.3) is 0 Å². The summed E-state index contributed by atoms with van der Waals surface area (Å²) < 4.78 is 11.5. The minimum atomic E-state index is -0.639. The topological polar surface area (TPSA) is 93.1 Å². The summed E-state index contributed by atoms with van der Waals surface area (Å²) in [5.74, 6) is -0.145. The molecule has 0 amide bonds. The van der Waals surface area contributed by atoms with Crippen LogP contribution in [0.3, 0.4) is 0 Å². The Kier molecular flexibility index (Phi) is 7.63. The van der Waals surface area contributed by atoms with Crippen LogP contribution in [0.2, 0.25) is 0 Å². The molecular weight excluding hydrogens is 396 g/mol. The predicted molar refractivity (Wildman–Crippen MR) is 117 cm³/mol. The van der Waals surface area contributed by atoms with Crippen molar-refractivity contribution in [2.45, 2.75) is 97.1 Å². The van der Waals surface area contributed by atoms with Crippen LogP contribution in [0.5, 0.6) is 0 Å². The molecule has 0 saturated carbocycles. The molecular formula is C25H38O6. The van der Waals surface area contributed by atoms with Gasteiger partial charge in [-0.05, 0) is 50.5 Å². The average Bonchev–Trinajstić information content (AvgIpc) is 2.66. The van der Waals surface area contributed by atoms with Gasteiger partial charge in [0.1, 0.15) is 12.2 Å². The third-order valence-corrected chi connectivity index (χ3v) is 7.11. The summed E-state index contributed by atoms with van der Waals surface area (Å²) in [6.45, 7) is 8.02. The number of cyclic esters (lactones) is 1. The fraction of sp³-hybridized carbons (Fsp3) is 0.760. The quantitative estimate of drug-likeness (QED) is 0.594. The second-order valence-electron chi connectivity index (χ2n) is 10.3. The van der Waals surface area contributed by atoms with Gasteiger partial charge in [-0.25, -0.2) is 0 Å². The number of hydrogen-bond donors (Lipinski definition) is 2. The Bertz CT molecular complexity index is 724. The van der Waals surface area contributed by atoms with Gasteiger partial charge < -0.3 is 19.7 Å². The Morgan fingerprint density at radius 2 is 2.06 bits per heavy atom. The lowest BCUT2D eigenvalue weighted by atomic mass is 9.66. The van der Waals surface area contributed by atoms with E-state index in [1.807, 2.05) is 26.0 Å². The van der Waals surface area contributed by atoms with Crippen LogP contribution in [-0.4, -0.2) is 46.6 Å². The number of aliphatic hydroxyl groups excluding tert-OH is 2. The SMILES string of the molecule is CCCC(C)(C)C(=O)O[C@H]1C[C@H](O)C=C2C=CC[C@@H]([C@@H](C)C[C@@H]3C[C@@H](O)CC(=O)O3)[C@H]21. The van der Waals surface area contributed by atoms with E-state index in [2.05, 4.69) is 19.9 Å². The molecule has 0 aromatic heterocycles. The van der Waals surface area contributed by atoms with Crippen LogP contribution >= 0.6 is 0 Å². The summed E-state index contributed by atoms with van der Waals surface area (Å²) in [5, 5.41) is 20.3. The molecule has 1 heterocycles. The van der Waals surface area contributed by atoms with Crippen molar-refractivity contribution >= 4 is 11.9 Å². The van der Waals surface area contributed by atoms with E-state index in [1.165, 1.54) is 0 Å². The van der Waals surface area contributed by atoms with E-state index in [0.29, 0.717) is 19.3 Å². The Morgan fingerprint density at radius 3 is 2.74 bits per heavy atom. The monoisotopic (exact) mass is 434 g/mol. The lowest BCUT2D eigenvalue weighted by Gasteiger charge is -2.43. The number of allylic oxidation sites excluding steroid dienone is 2. The number of carbonyl (C=O) groups excluding carboxylic acids is 2. The summed E-state index contributed by atoms with van der Waals surface area (Å²) in [5.41, 5.74) is 0.465. The summed E-state index contributed by atoms with van der Waals surface area (Å²) in [7, 11) is 0. The smallest absolute Gasteiger partial charge is 0.311 e. The van der Waals surface area contributed by atoms with Gasteiger partial charge >= 0.3 is 11.9 Å². The van der Waals surface area contributed by atoms with Crippen molar-refractivity contribution in [1.29, 1.82) is 0 Å². The van der Waals surface area contributed by atoms with E-state index in [-0.39, 0.29) is 48.3 Å². The minimum Gasteiger partial charge on any atom is -0.462 e. The molecule has 3 rings (SSSR count). The highest BCUT2D eigenvalue weighted by Crippen LogP contribution is 2.44. The minimum absolute atomic E-state index is 0.00833. The van der Waals surface area contributed by atoms with Crippen molar-refractivity contribution in [3.63, 3.8) is 0 Å². The highest BCUT2D eigenvalue weighted by molar-refractivity contribution is 5.76.